The Hall–Kier alpha value is -0.900. The number of hydrogen-bond donors (Lipinski definition) is 1. The highest BCUT2D eigenvalue weighted by atomic mass is 16.5. The normalized spacial score (nSPS) is 24.7. The smallest absolute Gasteiger partial charge is 0.240 e. The maximum Gasteiger partial charge on any atom is 0.240 e. The van der Waals surface area contributed by atoms with Gasteiger partial charge in [-0.25, -0.2) is 0 Å². The number of nitrogens with one attached hydrogen (secondary N) is 1. The molecule has 18 heavy (non-hydrogen) atoms. The molecule has 0 atom stereocenters. The second kappa shape index (κ2) is 6.32. The van der Waals surface area contributed by atoms with Crippen LogP contribution in [-0.2, 0) is 6.54 Å². The zero-order chi connectivity index (χ0) is 13.0. The summed E-state index contributed by atoms with van der Waals surface area (Å²) in [6.45, 7) is 8.38. The van der Waals surface area contributed by atoms with Crippen molar-refractivity contribution in [3.05, 3.63) is 11.7 Å². The molecule has 0 aliphatic heterocycles. The van der Waals surface area contributed by atoms with E-state index in [1.165, 1.54) is 25.7 Å². The first-order chi connectivity index (χ1) is 8.65. The van der Waals surface area contributed by atoms with Crippen LogP contribution in [0.25, 0.3) is 0 Å². The Morgan fingerprint density at radius 3 is 2.67 bits per heavy atom. The molecule has 1 aliphatic rings. The van der Waals surface area contributed by atoms with E-state index in [2.05, 4.69) is 36.2 Å². The van der Waals surface area contributed by atoms with Gasteiger partial charge in [0.05, 0.1) is 6.54 Å². The Bertz CT molecular complexity index is 354. The minimum Gasteiger partial charge on any atom is -0.338 e. The van der Waals surface area contributed by atoms with Crippen LogP contribution in [-0.4, -0.2) is 16.7 Å². The molecule has 1 aliphatic carbocycles. The molecule has 1 heterocycles. The van der Waals surface area contributed by atoms with Gasteiger partial charge in [-0.05, 0) is 31.2 Å². The van der Waals surface area contributed by atoms with Crippen LogP contribution in [0.1, 0.15) is 64.1 Å². The molecule has 0 saturated heterocycles. The Kier molecular flexibility index (Phi) is 4.75. The van der Waals surface area contributed by atoms with Gasteiger partial charge in [0.25, 0.3) is 0 Å². The van der Waals surface area contributed by atoms with Gasteiger partial charge in [-0.15, -0.1) is 0 Å². The number of aromatic nitrogens is 2. The number of hydrogen-bond acceptors (Lipinski definition) is 4. The van der Waals surface area contributed by atoms with Crippen molar-refractivity contribution in [2.45, 2.75) is 58.9 Å². The molecule has 0 aromatic carbocycles. The summed E-state index contributed by atoms with van der Waals surface area (Å²) in [6.07, 6.45) is 5.00. The van der Waals surface area contributed by atoms with E-state index in [0.717, 1.165) is 24.2 Å². The summed E-state index contributed by atoms with van der Waals surface area (Å²) in [7, 11) is 0. The summed E-state index contributed by atoms with van der Waals surface area (Å²) in [6, 6.07) is 0. The standard InChI is InChI=1S/C14H25N3O/c1-10(2)8-15-9-13-16-14(17-18-13)12-6-4-11(3)5-7-12/h10-12,15H,4-9H2,1-3H3. The molecule has 4 nitrogen and oxygen atoms in total. The van der Waals surface area contributed by atoms with E-state index in [-0.39, 0.29) is 0 Å². The van der Waals surface area contributed by atoms with Gasteiger partial charge in [-0.3, -0.25) is 0 Å². The third-order valence-electron chi connectivity index (χ3n) is 3.69. The van der Waals surface area contributed by atoms with Crippen molar-refractivity contribution in [1.82, 2.24) is 15.5 Å². The summed E-state index contributed by atoms with van der Waals surface area (Å²) >= 11 is 0. The van der Waals surface area contributed by atoms with Crippen molar-refractivity contribution in [2.75, 3.05) is 6.54 Å². The average Bonchev–Trinajstić information content (AvgIpc) is 2.78. The van der Waals surface area contributed by atoms with E-state index < -0.39 is 0 Å². The highest BCUT2D eigenvalue weighted by molar-refractivity contribution is 4.97. The van der Waals surface area contributed by atoms with Gasteiger partial charge in [0.1, 0.15) is 0 Å². The Labute approximate surface area is 110 Å². The lowest BCUT2D eigenvalue weighted by molar-refractivity contribution is 0.321. The molecule has 1 fully saturated rings. The van der Waals surface area contributed by atoms with E-state index in [9.17, 15) is 0 Å². The van der Waals surface area contributed by atoms with Crippen molar-refractivity contribution in [1.29, 1.82) is 0 Å². The van der Waals surface area contributed by atoms with Gasteiger partial charge in [0.15, 0.2) is 5.82 Å². The fourth-order valence-electron chi connectivity index (χ4n) is 2.49. The first-order valence-corrected chi connectivity index (χ1v) is 7.18. The van der Waals surface area contributed by atoms with Crippen LogP contribution in [0.3, 0.4) is 0 Å². The van der Waals surface area contributed by atoms with E-state index in [4.69, 9.17) is 4.52 Å². The zero-order valence-corrected chi connectivity index (χ0v) is 11.8. The molecule has 0 radical (unpaired) electrons. The quantitative estimate of drug-likeness (QED) is 0.873. The monoisotopic (exact) mass is 251 g/mol. The molecule has 0 spiro atoms. The molecular formula is C14H25N3O. The molecule has 1 saturated carbocycles. The molecule has 0 unspecified atom stereocenters. The van der Waals surface area contributed by atoms with Crippen LogP contribution in [0.2, 0.25) is 0 Å². The van der Waals surface area contributed by atoms with E-state index in [1.807, 2.05) is 0 Å². The highest BCUT2D eigenvalue weighted by Crippen LogP contribution is 2.33. The van der Waals surface area contributed by atoms with Gasteiger partial charge in [0.2, 0.25) is 5.89 Å². The first-order valence-electron chi connectivity index (χ1n) is 7.18. The summed E-state index contributed by atoms with van der Waals surface area (Å²) in [5, 5.41) is 7.46. The van der Waals surface area contributed by atoms with Crippen molar-refractivity contribution in [3.63, 3.8) is 0 Å². The second-order valence-electron chi connectivity index (χ2n) is 6.03. The summed E-state index contributed by atoms with van der Waals surface area (Å²) < 4.78 is 5.30. The SMILES string of the molecule is CC(C)CNCc1nc(C2CCC(C)CC2)no1. The summed E-state index contributed by atoms with van der Waals surface area (Å²) in [5.74, 6) is 3.67. The minimum atomic E-state index is 0.517. The molecule has 0 bridgehead atoms. The minimum absolute atomic E-state index is 0.517. The van der Waals surface area contributed by atoms with Crippen molar-refractivity contribution in [3.8, 4) is 0 Å². The number of nitrogens with zero attached hydrogens (tertiary/aromatic N) is 2. The molecule has 1 aromatic rings. The van der Waals surface area contributed by atoms with Crippen molar-refractivity contribution in [2.24, 2.45) is 11.8 Å². The fraction of sp³-hybridized carbons (Fsp3) is 0.857. The van der Waals surface area contributed by atoms with E-state index in [1.54, 1.807) is 0 Å². The van der Waals surface area contributed by atoms with Crippen LogP contribution in [0.15, 0.2) is 4.52 Å². The molecular weight excluding hydrogens is 226 g/mol. The molecule has 4 heteroatoms. The molecule has 2 rings (SSSR count). The van der Waals surface area contributed by atoms with Crippen LogP contribution in [0.5, 0.6) is 0 Å². The largest absolute Gasteiger partial charge is 0.338 e. The van der Waals surface area contributed by atoms with Gasteiger partial charge in [0, 0.05) is 5.92 Å². The molecule has 0 amide bonds. The first kappa shape index (κ1) is 13.5. The van der Waals surface area contributed by atoms with Gasteiger partial charge in [-0.1, -0.05) is 38.8 Å². The predicted octanol–water partition coefficient (Wildman–Crippen LogP) is 3.11. The fourth-order valence-corrected chi connectivity index (χ4v) is 2.49. The summed E-state index contributed by atoms with van der Waals surface area (Å²) in [5.41, 5.74) is 0. The number of rotatable bonds is 5. The molecule has 1 aromatic heterocycles. The van der Waals surface area contributed by atoms with E-state index >= 15 is 0 Å². The molecule has 102 valence electrons. The van der Waals surface area contributed by atoms with Gasteiger partial charge in [-0.2, -0.15) is 4.98 Å². The summed E-state index contributed by atoms with van der Waals surface area (Å²) in [4.78, 5) is 4.52. The maximum absolute atomic E-state index is 5.30. The lowest BCUT2D eigenvalue weighted by atomic mass is 9.83. The topological polar surface area (TPSA) is 51.0 Å². The Balaban J connectivity index is 1.82. The lowest BCUT2D eigenvalue weighted by Gasteiger charge is -2.23. The van der Waals surface area contributed by atoms with Crippen LogP contribution >= 0.6 is 0 Å². The van der Waals surface area contributed by atoms with Crippen LogP contribution < -0.4 is 5.32 Å². The van der Waals surface area contributed by atoms with Crippen LogP contribution in [0, 0.1) is 11.8 Å². The third kappa shape index (κ3) is 3.80. The average molecular weight is 251 g/mol. The van der Waals surface area contributed by atoms with Gasteiger partial charge >= 0.3 is 0 Å². The second-order valence-corrected chi connectivity index (χ2v) is 6.03. The van der Waals surface area contributed by atoms with Crippen LogP contribution in [0.4, 0.5) is 0 Å². The Morgan fingerprint density at radius 1 is 1.28 bits per heavy atom. The van der Waals surface area contributed by atoms with Crippen molar-refractivity contribution >= 4 is 0 Å². The zero-order valence-electron chi connectivity index (χ0n) is 11.8. The Morgan fingerprint density at radius 2 is 2.00 bits per heavy atom. The third-order valence-corrected chi connectivity index (χ3v) is 3.69. The highest BCUT2D eigenvalue weighted by Gasteiger charge is 2.23. The maximum atomic E-state index is 5.30. The van der Waals surface area contributed by atoms with Gasteiger partial charge < -0.3 is 9.84 Å². The lowest BCUT2D eigenvalue weighted by Crippen LogP contribution is -2.19. The van der Waals surface area contributed by atoms with E-state index in [0.29, 0.717) is 18.4 Å². The predicted molar refractivity (Wildman–Crippen MR) is 71.2 cm³/mol. The van der Waals surface area contributed by atoms with Crippen molar-refractivity contribution < 1.29 is 4.52 Å². The molecule has 1 N–H and O–H groups in total.